The highest BCUT2D eigenvalue weighted by Crippen LogP contribution is 2.37. The summed E-state index contributed by atoms with van der Waals surface area (Å²) in [5, 5.41) is 12.3. The van der Waals surface area contributed by atoms with Crippen LogP contribution in [-0.2, 0) is 11.2 Å². The molecule has 1 aromatic heterocycles. The van der Waals surface area contributed by atoms with E-state index in [9.17, 15) is 4.79 Å². The van der Waals surface area contributed by atoms with Crippen molar-refractivity contribution in [1.29, 1.82) is 0 Å². The van der Waals surface area contributed by atoms with Crippen LogP contribution in [0.1, 0.15) is 29.9 Å². The molecule has 2 aromatic carbocycles. The molecule has 2 N–H and O–H groups in total. The predicted octanol–water partition coefficient (Wildman–Crippen LogP) is 4.20. The number of rotatable bonds is 4. The van der Waals surface area contributed by atoms with Gasteiger partial charge in [0.15, 0.2) is 0 Å². The standard InChI is InChI=1S/C20H20ClN5OS/c1-3-13-6-4-5-7-16(13)22-19(27)18-17(14-8-10-15(21)11-9-14)25-26-12(2)23-24-20(26)28-18/h4-11,17-18,25H,3H2,1-2H3,(H,22,27)/t17-,18-/m1/s1. The van der Waals surface area contributed by atoms with E-state index in [-0.39, 0.29) is 11.9 Å². The number of nitrogens with one attached hydrogen (secondary N) is 2. The lowest BCUT2D eigenvalue weighted by atomic mass is 10.0. The number of carbonyl (C=O) groups is 1. The maximum Gasteiger partial charge on any atom is 0.240 e. The van der Waals surface area contributed by atoms with Crippen molar-refractivity contribution in [2.45, 2.75) is 36.7 Å². The largest absolute Gasteiger partial charge is 0.325 e. The van der Waals surface area contributed by atoms with E-state index < -0.39 is 5.25 Å². The Bertz CT molecular complexity index is 1000. The third-order valence-electron chi connectivity index (χ3n) is 4.74. The molecule has 0 bridgehead atoms. The summed E-state index contributed by atoms with van der Waals surface area (Å²) in [7, 11) is 0. The highest BCUT2D eigenvalue weighted by atomic mass is 35.5. The number of anilines is 1. The molecule has 1 amide bonds. The quantitative estimate of drug-likeness (QED) is 0.670. The van der Waals surface area contributed by atoms with Crippen molar-refractivity contribution in [3.63, 3.8) is 0 Å². The molecular formula is C20H20ClN5OS. The van der Waals surface area contributed by atoms with Crippen molar-refractivity contribution in [3.8, 4) is 0 Å². The number of hydrogen-bond acceptors (Lipinski definition) is 5. The van der Waals surface area contributed by atoms with Crippen molar-refractivity contribution in [3.05, 3.63) is 70.5 Å². The minimum atomic E-state index is -0.415. The summed E-state index contributed by atoms with van der Waals surface area (Å²) in [6.45, 7) is 3.95. The first-order chi connectivity index (χ1) is 13.6. The first-order valence-electron chi connectivity index (χ1n) is 9.06. The third kappa shape index (κ3) is 3.59. The van der Waals surface area contributed by atoms with Crippen LogP contribution in [0.25, 0.3) is 0 Å². The van der Waals surface area contributed by atoms with E-state index in [0.29, 0.717) is 10.2 Å². The second kappa shape index (κ2) is 7.85. The van der Waals surface area contributed by atoms with Gasteiger partial charge in [0, 0.05) is 10.7 Å². The van der Waals surface area contributed by atoms with E-state index in [1.54, 1.807) is 0 Å². The Hall–Kier alpha value is -2.51. The van der Waals surface area contributed by atoms with Crippen LogP contribution in [0.4, 0.5) is 5.69 Å². The fraction of sp³-hybridized carbons (Fsp3) is 0.250. The molecule has 0 unspecified atom stereocenters. The average molecular weight is 414 g/mol. The Morgan fingerprint density at radius 2 is 1.96 bits per heavy atom. The highest BCUT2D eigenvalue weighted by Gasteiger charge is 2.37. The molecule has 0 spiro atoms. The third-order valence-corrected chi connectivity index (χ3v) is 6.21. The van der Waals surface area contributed by atoms with Gasteiger partial charge in [0.25, 0.3) is 0 Å². The molecule has 3 aromatic rings. The van der Waals surface area contributed by atoms with Gasteiger partial charge in [-0.1, -0.05) is 60.6 Å². The maximum absolute atomic E-state index is 13.2. The van der Waals surface area contributed by atoms with Crippen molar-refractivity contribution in [2.75, 3.05) is 10.7 Å². The Balaban J connectivity index is 1.67. The molecule has 0 fully saturated rings. The first kappa shape index (κ1) is 18.8. The van der Waals surface area contributed by atoms with Gasteiger partial charge in [-0.15, -0.1) is 10.2 Å². The molecular weight excluding hydrogens is 394 g/mol. The zero-order valence-corrected chi connectivity index (χ0v) is 17.1. The fourth-order valence-electron chi connectivity index (χ4n) is 3.24. The summed E-state index contributed by atoms with van der Waals surface area (Å²) in [6, 6.07) is 15.2. The normalized spacial score (nSPS) is 18.2. The highest BCUT2D eigenvalue weighted by molar-refractivity contribution is 8.00. The summed E-state index contributed by atoms with van der Waals surface area (Å²) in [4.78, 5) is 13.2. The van der Waals surface area contributed by atoms with Crippen LogP contribution in [0.2, 0.25) is 5.02 Å². The molecule has 1 aliphatic heterocycles. The number of aryl methyl sites for hydroxylation is 2. The van der Waals surface area contributed by atoms with Crippen molar-refractivity contribution >= 4 is 35.0 Å². The summed E-state index contributed by atoms with van der Waals surface area (Å²) >= 11 is 7.46. The van der Waals surface area contributed by atoms with E-state index in [2.05, 4.69) is 27.9 Å². The van der Waals surface area contributed by atoms with Crippen LogP contribution in [0, 0.1) is 6.92 Å². The monoisotopic (exact) mass is 413 g/mol. The summed E-state index contributed by atoms with van der Waals surface area (Å²) in [5.74, 6) is 0.668. The van der Waals surface area contributed by atoms with E-state index in [0.717, 1.165) is 29.1 Å². The van der Waals surface area contributed by atoms with Crippen LogP contribution < -0.4 is 10.7 Å². The number of fused-ring (bicyclic) bond motifs is 1. The molecule has 28 heavy (non-hydrogen) atoms. The van der Waals surface area contributed by atoms with Crippen molar-refractivity contribution < 1.29 is 4.79 Å². The van der Waals surface area contributed by atoms with Gasteiger partial charge in [0.1, 0.15) is 11.1 Å². The second-order valence-corrected chi connectivity index (χ2v) is 8.11. The lowest BCUT2D eigenvalue weighted by molar-refractivity contribution is -0.116. The van der Waals surface area contributed by atoms with Gasteiger partial charge in [-0.05, 0) is 42.7 Å². The first-order valence-corrected chi connectivity index (χ1v) is 10.3. The smallest absolute Gasteiger partial charge is 0.240 e. The predicted molar refractivity (Wildman–Crippen MR) is 112 cm³/mol. The average Bonchev–Trinajstić information content (AvgIpc) is 3.08. The number of carbonyl (C=O) groups excluding carboxylic acids is 1. The number of thioether (sulfide) groups is 1. The van der Waals surface area contributed by atoms with E-state index >= 15 is 0 Å². The SMILES string of the molecule is CCc1ccccc1NC(=O)[C@@H]1Sc2nnc(C)n2N[C@@H]1c1ccc(Cl)cc1. The van der Waals surface area contributed by atoms with Gasteiger partial charge in [0.2, 0.25) is 11.1 Å². The number of aromatic nitrogens is 3. The summed E-state index contributed by atoms with van der Waals surface area (Å²) in [6.07, 6.45) is 0.848. The fourth-order valence-corrected chi connectivity index (χ4v) is 4.49. The lowest BCUT2D eigenvalue weighted by Gasteiger charge is -2.33. The maximum atomic E-state index is 13.2. The number of amides is 1. The van der Waals surface area contributed by atoms with Crippen LogP contribution >= 0.6 is 23.4 Å². The lowest BCUT2D eigenvalue weighted by Crippen LogP contribution is -2.41. The molecule has 144 valence electrons. The van der Waals surface area contributed by atoms with Gasteiger partial charge >= 0.3 is 0 Å². The zero-order valence-electron chi connectivity index (χ0n) is 15.5. The molecule has 0 saturated heterocycles. The van der Waals surface area contributed by atoms with E-state index in [1.165, 1.54) is 11.8 Å². The van der Waals surface area contributed by atoms with Crippen molar-refractivity contribution in [2.24, 2.45) is 0 Å². The van der Waals surface area contributed by atoms with Crippen molar-refractivity contribution in [1.82, 2.24) is 14.9 Å². The summed E-state index contributed by atoms with van der Waals surface area (Å²) < 4.78 is 1.83. The Kier molecular flexibility index (Phi) is 5.28. The molecule has 2 atom stereocenters. The number of halogens is 1. The van der Waals surface area contributed by atoms with Crippen LogP contribution in [0.3, 0.4) is 0 Å². The minimum Gasteiger partial charge on any atom is -0.325 e. The molecule has 0 saturated carbocycles. The zero-order chi connectivity index (χ0) is 19.7. The molecule has 6 nitrogen and oxygen atoms in total. The number of para-hydroxylation sites is 1. The number of hydrogen-bond donors (Lipinski definition) is 2. The molecule has 2 heterocycles. The van der Waals surface area contributed by atoms with Crippen LogP contribution in [0.15, 0.2) is 53.7 Å². The Morgan fingerprint density at radius 1 is 1.21 bits per heavy atom. The Labute approximate surface area is 172 Å². The topological polar surface area (TPSA) is 71.8 Å². The van der Waals surface area contributed by atoms with Gasteiger partial charge in [0.05, 0.1) is 6.04 Å². The van der Waals surface area contributed by atoms with E-state index in [4.69, 9.17) is 11.6 Å². The molecule has 8 heteroatoms. The van der Waals surface area contributed by atoms with Gasteiger partial charge < -0.3 is 10.7 Å². The Morgan fingerprint density at radius 3 is 2.71 bits per heavy atom. The second-order valence-electron chi connectivity index (χ2n) is 6.56. The molecule has 0 aliphatic carbocycles. The molecule has 4 rings (SSSR count). The molecule has 1 aliphatic rings. The van der Waals surface area contributed by atoms with E-state index in [1.807, 2.05) is 60.1 Å². The number of benzene rings is 2. The van der Waals surface area contributed by atoms with Gasteiger partial charge in [-0.3, -0.25) is 4.79 Å². The van der Waals surface area contributed by atoms with Gasteiger partial charge in [-0.25, -0.2) is 4.68 Å². The molecule has 0 radical (unpaired) electrons. The van der Waals surface area contributed by atoms with Crippen LogP contribution in [0.5, 0.6) is 0 Å². The number of nitrogens with zero attached hydrogens (tertiary/aromatic N) is 3. The van der Waals surface area contributed by atoms with Crippen LogP contribution in [-0.4, -0.2) is 26.0 Å². The van der Waals surface area contributed by atoms with Gasteiger partial charge in [-0.2, -0.15) is 0 Å². The minimum absolute atomic E-state index is 0.0785. The summed E-state index contributed by atoms with van der Waals surface area (Å²) in [5.41, 5.74) is 6.31.